The van der Waals surface area contributed by atoms with Gasteiger partial charge in [0.1, 0.15) is 0 Å². The van der Waals surface area contributed by atoms with E-state index in [2.05, 4.69) is 23.6 Å². The highest BCUT2D eigenvalue weighted by Crippen LogP contribution is 2.01. The summed E-state index contributed by atoms with van der Waals surface area (Å²) in [5.41, 5.74) is 0. The van der Waals surface area contributed by atoms with Gasteiger partial charge in [-0.15, -0.1) is 0 Å². The summed E-state index contributed by atoms with van der Waals surface area (Å²) in [6, 6.07) is 0. The first-order valence-electron chi connectivity index (χ1n) is 7.80. The molecule has 0 aliphatic heterocycles. The van der Waals surface area contributed by atoms with E-state index in [1.807, 2.05) is 0 Å². The molecule has 0 rings (SSSR count). The summed E-state index contributed by atoms with van der Waals surface area (Å²) in [6.07, 6.45) is 2.83. The molecule has 0 aromatic carbocycles. The maximum absolute atomic E-state index is 9.48. The van der Waals surface area contributed by atoms with E-state index < -0.39 is 0 Å². The number of aliphatic hydroxyl groups excluding tert-OH is 2. The molecule has 0 saturated heterocycles. The van der Waals surface area contributed by atoms with Gasteiger partial charge in [-0.25, -0.2) is 0 Å². The van der Waals surface area contributed by atoms with Crippen molar-refractivity contribution in [2.75, 3.05) is 39.3 Å². The Morgan fingerprint density at radius 1 is 0.737 bits per heavy atom. The van der Waals surface area contributed by atoms with Gasteiger partial charge >= 0.3 is 0 Å². The van der Waals surface area contributed by atoms with E-state index in [1.54, 1.807) is 13.8 Å². The molecule has 0 fully saturated rings. The highest BCUT2D eigenvalue weighted by Gasteiger charge is 2.11. The molecule has 0 aromatic rings. The summed E-state index contributed by atoms with van der Waals surface area (Å²) in [4.78, 5) is 4.66. The van der Waals surface area contributed by atoms with Gasteiger partial charge in [0.05, 0.1) is 12.2 Å². The predicted molar refractivity (Wildman–Crippen MR) is 81.4 cm³/mol. The lowest BCUT2D eigenvalue weighted by atomic mass is 10.2. The van der Waals surface area contributed by atoms with Crippen molar-refractivity contribution in [2.45, 2.75) is 59.2 Å². The molecule has 4 heteroatoms. The second-order valence-corrected chi connectivity index (χ2v) is 5.65. The van der Waals surface area contributed by atoms with Crippen molar-refractivity contribution in [3.8, 4) is 0 Å². The van der Waals surface area contributed by atoms with Crippen LogP contribution in [0.15, 0.2) is 0 Å². The average Bonchev–Trinajstić information content (AvgIpc) is 2.27. The lowest BCUT2D eigenvalue weighted by Gasteiger charge is -2.27. The van der Waals surface area contributed by atoms with E-state index in [0.29, 0.717) is 13.1 Å². The lowest BCUT2D eigenvalue weighted by molar-refractivity contribution is 0.0806. The van der Waals surface area contributed by atoms with E-state index in [9.17, 15) is 10.2 Å². The number of hydrogen-bond donors (Lipinski definition) is 2. The molecule has 0 spiro atoms. The fourth-order valence-electron chi connectivity index (χ4n) is 2.49. The Morgan fingerprint density at radius 2 is 1.16 bits per heavy atom. The highest BCUT2D eigenvalue weighted by atomic mass is 16.3. The summed E-state index contributed by atoms with van der Waals surface area (Å²) in [5, 5.41) is 19.0. The highest BCUT2D eigenvalue weighted by molar-refractivity contribution is 4.66. The Hall–Kier alpha value is -0.160. The molecular weight excluding hydrogens is 240 g/mol. The van der Waals surface area contributed by atoms with Crippen LogP contribution in [-0.4, -0.2) is 71.5 Å². The maximum Gasteiger partial charge on any atom is 0.0639 e. The van der Waals surface area contributed by atoms with Crippen molar-refractivity contribution in [1.82, 2.24) is 9.80 Å². The Bertz CT molecular complexity index is 183. The zero-order valence-electron chi connectivity index (χ0n) is 13.3. The first-order valence-corrected chi connectivity index (χ1v) is 7.80. The van der Waals surface area contributed by atoms with E-state index >= 15 is 0 Å². The van der Waals surface area contributed by atoms with Crippen molar-refractivity contribution < 1.29 is 10.2 Å². The van der Waals surface area contributed by atoms with Gasteiger partial charge in [0.15, 0.2) is 0 Å². The number of rotatable bonds is 12. The molecule has 0 aliphatic rings. The fourth-order valence-corrected chi connectivity index (χ4v) is 2.49. The second kappa shape index (κ2) is 11.6. The van der Waals surface area contributed by atoms with Crippen LogP contribution in [0.25, 0.3) is 0 Å². The summed E-state index contributed by atoms with van der Waals surface area (Å²) < 4.78 is 0. The Balaban J connectivity index is 4.00. The minimum atomic E-state index is -0.332. The average molecular weight is 274 g/mol. The third-order valence-corrected chi connectivity index (χ3v) is 3.07. The third kappa shape index (κ3) is 11.4. The minimum Gasteiger partial charge on any atom is -0.392 e. The summed E-state index contributed by atoms with van der Waals surface area (Å²) >= 11 is 0. The van der Waals surface area contributed by atoms with Gasteiger partial charge in [-0.05, 0) is 59.3 Å². The molecule has 0 amide bonds. The summed E-state index contributed by atoms with van der Waals surface area (Å²) in [5.74, 6) is 0. The second-order valence-electron chi connectivity index (χ2n) is 5.65. The molecule has 0 radical (unpaired) electrons. The van der Waals surface area contributed by atoms with E-state index in [0.717, 1.165) is 19.5 Å². The summed E-state index contributed by atoms with van der Waals surface area (Å²) in [6.45, 7) is 13.7. The Labute approximate surface area is 119 Å². The van der Waals surface area contributed by atoms with Gasteiger partial charge in [-0.3, -0.25) is 4.90 Å². The molecule has 2 unspecified atom stereocenters. The van der Waals surface area contributed by atoms with Crippen LogP contribution in [0.4, 0.5) is 0 Å². The third-order valence-electron chi connectivity index (χ3n) is 3.07. The van der Waals surface area contributed by atoms with Gasteiger partial charge in [0.2, 0.25) is 0 Å². The molecule has 2 atom stereocenters. The fraction of sp³-hybridized carbons (Fsp3) is 1.00. The zero-order chi connectivity index (χ0) is 14.7. The first kappa shape index (κ1) is 18.8. The van der Waals surface area contributed by atoms with Gasteiger partial charge in [0, 0.05) is 13.1 Å². The van der Waals surface area contributed by atoms with Crippen molar-refractivity contribution in [3.05, 3.63) is 0 Å². The Morgan fingerprint density at radius 3 is 1.53 bits per heavy atom. The zero-order valence-corrected chi connectivity index (χ0v) is 13.3. The molecule has 0 aromatic heterocycles. The van der Waals surface area contributed by atoms with Crippen molar-refractivity contribution in [1.29, 1.82) is 0 Å². The SMILES string of the molecule is CCCN(CCC)CCCN(CC(C)O)CC(C)O. The van der Waals surface area contributed by atoms with Crippen LogP contribution in [0, 0.1) is 0 Å². The molecule has 0 saturated carbocycles. The van der Waals surface area contributed by atoms with Gasteiger partial charge in [-0.1, -0.05) is 13.8 Å². The quantitative estimate of drug-likeness (QED) is 0.567. The monoisotopic (exact) mass is 274 g/mol. The van der Waals surface area contributed by atoms with E-state index in [-0.39, 0.29) is 12.2 Å². The van der Waals surface area contributed by atoms with Crippen LogP contribution in [0.3, 0.4) is 0 Å². The van der Waals surface area contributed by atoms with Gasteiger partial charge in [0.25, 0.3) is 0 Å². The number of nitrogens with zero attached hydrogens (tertiary/aromatic N) is 2. The number of hydrogen-bond acceptors (Lipinski definition) is 4. The normalized spacial score (nSPS) is 15.2. The molecule has 19 heavy (non-hydrogen) atoms. The molecular formula is C15H34N2O2. The van der Waals surface area contributed by atoms with Crippen LogP contribution >= 0.6 is 0 Å². The standard InChI is InChI=1S/C15H34N2O2/c1-5-8-16(9-6-2)10-7-11-17(12-14(3)18)13-15(4)19/h14-15,18-19H,5-13H2,1-4H3. The minimum absolute atomic E-state index is 0.332. The van der Waals surface area contributed by atoms with Crippen molar-refractivity contribution >= 4 is 0 Å². The van der Waals surface area contributed by atoms with Gasteiger partial charge in [-0.2, -0.15) is 0 Å². The molecule has 4 nitrogen and oxygen atoms in total. The van der Waals surface area contributed by atoms with Crippen molar-refractivity contribution in [3.63, 3.8) is 0 Å². The van der Waals surface area contributed by atoms with Gasteiger partial charge < -0.3 is 15.1 Å². The molecule has 0 aliphatic carbocycles. The van der Waals surface area contributed by atoms with Crippen LogP contribution < -0.4 is 0 Å². The maximum atomic E-state index is 9.48. The molecule has 116 valence electrons. The topological polar surface area (TPSA) is 46.9 Å². The predicted octanol–water partition coefficient (Wildman–Crippen LogP) is 1.56. The Kier molecular flexibility index (Phi) is 11.6. The van der Waals surface area contributed by atoms with Crippen LogP contribution in [-0.2, 0) is 0 Å². The van der Waals surface area contributed by atoms with E-state index in [4.69, 9.17) is 0 Å². The lowest BCUT2D eigenvalue weighted by Crippen LogP contribution is -2.38. The molecule has 0 bridgehead atoms. The molecule has 2 N–H and O–H groups in total. The van der Waals surface area contributed by atoms with E-state index in [1.165, 1.54) is 25.9 Å². The smallest absolute Gasteiger partial charge is 0.0639 e. The number of aliphatic hydroxyl groups is 2. The van der Waals surface area contributed by atoms with Crippen LogP contribution in [0.5, 0.6) is 0 Å². The largest absolute Gasteiger partial charge is 0.392 e. The molecule has 0 heterocycles. The van der Waals surface area contributed by atoms with Crippen molar-refractivity contribution in [2.24, 2.45) is 0 Å². The summed E-state index contributed by atoms with van der Waals surface area (Å²) in [7, 11) is 0. The van der Waals surface area contributed by atoms with Crippen LogP contribution in [0.2, 0.25) is 0 Å². The first-order chi connectivity index (χ1) is 8.99. The van der Waals surface area contributed by atoms with Crippen LogP contribution in [0.1, 0.15) is 47.0 Å².